The number of fused-ring (bicyclic) bond motifs is 1. The van der Waals surface area contributed by atoms with Crippen molar-refractivity contribution < 1.29 is 13.5 Å². The van der Waals surface area contributed by atoms with Gasteiger partial charge in [0.05, 0.1) is 24.0 Å². The van der Waals surface area contributed by atoms with Crippen molar-refractivity contribution in [2.75, 3.05) is 19.7 Å². The highest BCUT2D eigenvalue weighted by Crippen LogP contribution is 2.38. The van der Waals surface area contributed by atoms with Gasteiger partial charge in [-0.1, -0.05) is 12.1 Å². The molecule has 2 fully saturated rings. The van der Waals surface area contributed by atoms with Crippen LogP contribution in [0.4, 0.5) is 8.78 Å². The van der Waals surface area contributed by atoms with Crippen LogP contribution >= 0.6 is 0 Å². The van der Waals surface area contributed by atoms with E-state index in [4.69, 9.17) is 4.74 Å². The smallest absolute Gasteiger partial charge is 0.146 e. The number of hydrogen-bond acceptors (Lipinski definition) is 3. The van der Waals surface area contributed by atoms with Crippen molar-refractivity contribution in [1.82, 2.24) is 14.5 Å². The lowest BCUT2D eigenvalue weighted by molar-refractivity contribution is 0.205. The van der Waals surface area contributed by atoms with Gasteiger partial charge in [-0.3, -0.25) is 9.88 Å². The number of aromatic nitrogens is 2. The maximum atomic E-state index is 14.1. The first-order chi connectivity index (χ1) is 17.1. The average molecular weight is 474 g/mol. The molecule has 35 heavy (non-hydrogen) atoms. The SMILES string of the molecule is Fc1ccc(CN2CCC(c3cn(-c4ccc(F)cc4OCC4CC4)c4cnccc34)CC2)cc1. The predicted molar refractivity (Wildman–Crippen MR) is 133 cm³/mol. The molecule has 2 aromatic heterocycles. The zero-order valence-corrected chi connectivity index (χ0v) is 19.7. The van der Waals surface area contributed by atoms with Crippen molar-refractivity contribution >= 4 is 10.9 Å². The summed E-state index contributed by atoms with van der Waals surface area (Å²) in [7, 11) is 0. The third-order valence-corrected chi connectivity index (χ3v) is 7.34. The lowest BCUT2D eigenvalue weighted by Gasteiger charge is -2.32. The molecule has 6 rings (SSSR count). The van der Waals surface area contributed by atoms with Crippen LogP contribution in [0.15, 0.2) is 67.1 Å². The Balaban J connectivity index is 1.25. The fourth-order valence-electron chi connectivity index (χ4n) is 5.17. The number of likely N-dealkylation sites (tertiary alicyclic amines) is 1. The molecule has 0 N–H and O–H groups in total. The largest absolute Gasteiger partial charge is 0.491 e. The highest BCUT2D eigenvalue weighted by atomic mass is 19.1. The lowest BCUT2D eigenvalue weighted by atomic mass is 9.89. The molecule has 4 aromatic rings. The van der Waals surface area contributed by atoms with Gasteiger partial charge in [0.2, 0.25) is 0 Å². The summed E-state index contributed by atoms with van der Waals surface area (Å²) in [4.78, 5) is 6.82. The van der Waals surface area contributed by atoms with E-state index in [1.54, 1.807) is 6.07 Å². The van der Waals surface area contributed by atoms with E-state index < -0.39 is 0 Å². The van der Waals surface area contributed by atoms with E-state index in [1.165, 1.54) is 48.1 Å². The van der Waals surface area contributed by atoms with Crippen molar-refractivity contribution in [1.29, 1.82) is 0 Å². The molecular weight excluding hydrogens is 444 g/mol. The number of piperidine rings is 1. The second kappa shape index (κ2) is 9.42. The van der Waals surface area contributed by atoms with E-state index in [-0.39, 0.29) is 11.6 Å². The van der Waals surface area contributed by atoms with Crippen LogP contribution in [0, 0.1) is 17.6 Å². The van der Waals surface area contributed by atoms with Crippen LogP contribution in [0.25, 0.3) is 16.6 Å². The Morgan fingerprint density at radius 2 is 1.69 bits per heavy atom. The average Bonchev–Trinajstić information content (AvgIpc) is 3.64. The summed E-state index contributed by atoms with van der Waals surface area (Å²) < 4.78 is 35.5. The Morgan fingerprint density at radius 1 is 0.914 bits per heavy atom. The summed E-state index contributed by atoms with van der Waals surface area (Å²) in [6, 6.07) is 13.7. The van der Waals surface area contributed by atoms with Crippen molar-refractivity contribution in [3.63, 3.8) is 0 Å². The maximum absolute atomic E-state index is 14.1. The van der Waals surface area contributed by atoms with Crippen molar-refractivity contribution in [2.24, 2.45) is 5.92 Å². The topological polar surface area (TPSA) is 30.3 Å². The van der Waals surface area contributed by atoms with Gasteiger partial charge in [0.15, 0.2) is 0 Å². The van der Waals surface area contributed by atoms with Gasteiger partial charge in [0.1, 0.15) is 17.4 Å². The summed E-state index contributed by atoms with van der Waals surface area (Å²) in [6.45, 7) is 3.46. The van der Waals surface area contributed by atoms with Crippen LogP contribution in [-0.4, -0.2) is 34.1 Å². The Labute approximate surface area is 204 Å². The summed E-state index contributed by atoms with van der Waals surface area (Å²) in [5.41, 5.74) is 4.31. The molecule has 2 aromatic carbocycles. The number of ether oxygens (including phenoxy) is 1. The van der Waals surface area contributed by atoms with E-state index in [0.717, 1.165) is 49.2 Å². The van der Waals surface area contributed by atoms with Gasteiger partial charge in [-0.15, -0.1) is 0 Å². The third kappa shape index (κ3) is 4.80. The van der Waals surface area contributed by atoms with E-state index in [0.29, 0.717) is 24.2 Å². The molecule has 1 aliphatic carbocycles. The fraction of sp³-hybridized carbons (Fsp3) is 0.345. The number of hydrogen-bond donors (Lipinski definition) is 0. The summed E-state index contributed by atoms with van der Waals surface area (Å²) >= 11 is 0. The quantitative estimate of drug-likeness (QED) is 0.308. The first kappa shape index (κ1) is 22.2. The first-order valence-electron chi connectivity index (χ1n) is 12.5. The van der Waals surface area contributed by atoms with Crippen LogP contribution < -0.4 is 4.74 Å². The van der Waals surface area contributed by atoms with Crippen LogP contribution in [-0.2, 0) is 6.54 Å². The minimum Gasteiger partial charge on any atom is -0.491 e. The van der Waals surface area contributed by atoms with E-state index in [1.807, 2.05) is 24.5 Å². The van der Waals surface area contributed by atoms with Gasteiger partial charge in [-0.2, -0.15) is 0 Å². The molecular formula is C29H29F2N3O. The molecule has 0 spiro atoms. The van der Waals surface area contributed by atoms with Crippen molar-refractivity contribution in [3.05, 3.63) is 89.9 Å². The second-order valence-electron chi connectivity index (χ2n) is 9.89. The minimum atomic E-state index is -0.289. The molecule has 6 heteroatoms. The normalized spacial score (nSPS) is 17.2. The molecule has 1 aliphatic heterocycles. The third-order valence-electron chi connectivity index (χ3n) is 7.34. The fourth-order valence-corrected chi connectivity index (χ4v) is 5.17. The van der Waals surface area contributed by atoms with Crippen molar-refractivity contribution in [2.45, 2.75) is 38.1 Å². The second-order valence-corrected chi connectivity index (χ2v) is 9.89. The number of benzene rings is 2. The van der Waals surface area contributed by atoms with Gasteiger partial charge in [0, 0.05) is 30.4 Å². The Kier molecular flexibility index (Phi) is 5.98. The van der Waals surface area contributed by atoms with Gasteiger partial charge in [0.25, 0.3) is 0 Å². The molecule has 0 atom stereocenters. The standard InChI is InChI=1S/C29H29F2N3O/c30-23-5-3-20(4-6-23)17-33-13-10-22(11-14-33)26-18-34(28-16-32-12-9-25(26)28)27-8-7-24(31)15-29(27)35-19-21-1-2-21/h3-9,12,15-16,18,21-22H,1-2,10-11,13-14,17,19H2. The molecule has 0 bridgehead atoms. The highest BCUT2D eigenvalue weighted by Gasteiger charge is 2.26. The van der Waals surface area contributed by atoms with Crippen LogP contribution in [0.2, 0.25) is 0 Å². The Morgan fingerprint density at radius 3 is 2.46 bits per heavy atom. The summed E-state index contributed by atoms with van der Waals surface area (Å²) in [5.74, 6) is 1.12. The molecule has 1 saturated carbocycles. The van der Waals surface area contributed by atoms with Gasteiger partial charge >= 0.3 is 0 Å². The molecule has 1 saturated heterocycles. The van der Waals surface area contributed by atoms with Gasteiger partial charge < -0.3 is 9.30 Å². The number of nitrogens with zero attached hydrogens (tertiary/aromatic N) is 3. The van der Waals surface area contributed by atoms with Gasteiger partial charge in [-0.05, 0) is 92.1 Å². The summed E-state index contributed by atoms with van der Waals surface area (Å²) in [5, 5.41) is 1.19. The van der Waals surface area contributed by atoms with Crippen LogP contribution in [0.5, 0.6) is 5.75 Å². The van der Waals surface area contributed by atoms with E-state index in [9.17, 15) is 8.78 Å². The zero-order valence-electron chi connectivity index (χ0n) is 19.7. The zero-order chi connectivity index (χ0) is 23.8. The first-order valence-corrected chi connectivity index (χ1v) is 12.5. The maximum Gasteiger partial charge on any atom is 0.146 e. The molecule has 4 nitrogen and oxygen atoms in total. The number of halogens is 2. The summed E-state index contributed by atoms with van der Waals surface area (Å²) in [6.07, 6.45) is 10.4. The highest BCUT2D eigenvalue weighted by molar-refractivity contribution is 5.86. The Hall–Kier alpha value is -3.25. The van der Waals surface area contributed by atoms with Crippen molar-refractivity contribution in [3.8, 4) is 11.4 Å². The minimum absolute atomic E-state index is 0.194. The Bertz CT molecular complexity index is 1320. The molecule has 0 radical (unpaired) electrons. The van der Waals surface area contributed by atoms with Crippen LogP contribution in [0.1, 0.15) is 42.7 Å². The van der Waals surface area contributed by atoms with Gasteiger partial charge in [-0.25, -0.2) is 8.78 Å². The predicted octanol–water partition coefficient (Wildman–Crippen LogP) is 6.47. The lowest BCUT2D eigenvalue weighted by Crippen LogP contribution is -2.32. The van der Waals surface area contributed by atoms with Crippen LogP contribution in [0.3, 0.4) is 0 Å². The molecule has 180 valence electrons. The molecule has 3 heterocycles. The molecule has 0 unspecified atom stereocenters. The van der Waals surface area contributed by atoms with E-state index >= 15 is 0 Å². The number of rotatable bonds is 7. The van der Waals surface area contributed by atoms with E-state index in [2.05, 4.69) is 26.7 Å². The monoisotopic (exact) mass is 473 g/mol. The number of pyridine rings is 1. The molecule has 0 amide bonds. The molecule has 2 aliphatic rings.